The number of aryl methyl sites for hydroxylation is 2. The second kappa shape index (κ2) is 6.29. The summed E-state index contributed by atoms with van der Waals surface area (Å²) in [6.07, 6.45) is 4.66. The Kier molecular flexibility index (Phi) is 4.70. The smallest absolute Gasteiger partial charge is 0.239 e. The Bertz CT molecular complexity index is 444. The maximum atomic E-state index is 11.8. The van der Waals surface area contributed by atoms with E-state index in [1.807, 2.05) is 19.9 Å². The maximum Gasteiger partial charge on any atom is 0.239 e. The van der Waals surface area contributed by atoms with Crippen LogP contribution >= 0.6 is 11.6 Å². The van der Waals surface area contributed by atoms with Gasteiger partial charge in [0.1, 0.15) is 0 Å². The molecule has 1 aromatic rings. The van der Waals surface area contributed by atoms with Crippen LogP contribution in [0.4, 0.5) is 5.69 Å². The van der Waals surface area contributed by atoms with Gasteiger partial charge in [0.15, 0.2) is 0 Å². The first-order chi connectivity index (χ1) is 9.06. The number of halogens is 1. The van der Waals surface area contributed by atoms with Crippen LogP contribution in [0, 0.1) is 13.8 Å². The Morgan fingerprint density at radius 2 is 2.00 bits per heavy atom. The lowest BCUT2D eigenvalue weighted by molar-refractivity contribution is -0.120. The highest BCUT2D eigenvalue weighted by atomic mass is 35.5. The Morgan fingerprint density at radius 3 is 2.63 bits per heavy atom. The van der Waals surface area contributed by atoms with Gasteiger partial charge in [0, 0.05) is 6.04 Å². The lowest BCUT2D eigenvalue weighted by Crippen LogP contribution is -2.36. The van der Waals surface area contributed by atoms with E-state index in [1.54, 1.807) is 0 Å². The zero-order valence-corrected chi connectivity index (χ0v) is 12.3. The molecular weight excluding hydrogens is 260 g/mol. The summed E-state index contributed by atoms with van der Waals surface area (Å²) < 4.78 is 0. The van der Waals surface area contributed by atoms with Crippen molar-refractivity contribution in [2.24, 2.45) is 0 Å². The molecule has 1 aliphatic carbocycles. The normalized spacial score (nSPS) is 15.5. The van der Waals surface area contributed by atoms with Crippen molar-refractivity contribution in [2.75, 3.05) is 11.9 Å². The number of carbonyl (C=O) groups excluding carboxylic acids is 1. The third-order valence-corrected chi connectivity index (χ3v) is 3.88. The van der Waals surface area contributed by atoms with Gasteiger partial charge in [-0.2, -0.15) is 0 Å². The summed E-state index contributed by atoms with van der Waals surface area (Å²) in [6.45, 7) is 4.28. The fourth-order valence-electron chi connectivity index (χ4n) is 2.66. The van der Waals surface area contributed by atoms with Crippen molar-refractivity contribution >= 4 is 23.2 Å². The van der Waals surface area contributed by atoms with Crippen LogP contribution in [0.15, 0.2) is 12.1 Å². The van der Waals surface area contributed by atoms with Gasteiger partial charge in [-0.3, -0.25) is 4.79 Å². The van der Waals surface area contributed by atoms with E-state index in [2.05, 4.69) is 16.7 Å². The number of rotatable bonds is 4. The number of amides is 1. The minimum absolute atomic E-state index is 0.0444. The summed E-state index contributed by atoms with van der Waals surface area (Å²) in [5.41, 5.74) is 3.05. The van der Waals surface area contributed by atoms with Gasteiger partial charge in [-0.15, -0.1) is 0 Å². The predicted molar refractivity (Wildman–Crippen MR) is 79.8 cm³/mol. The van der Waals surface area contributed by atoms with Gasteiger partial charge in [0.05, 0.1) is 17.3 Å². The van der Waals surface area contributed by atoms with Crippen molar-refractivity contribution in [2.45, 2.75) is 45.6 Å². The summed E-state index contributed by atoms with van der Waals surface area (Å²) in [6, 6.07) is 4.33. The lowest BCUT2D eigenvalue weighted by atomic mass is 10.1. The van der Waals surface area contributed by atoms with E-state index in [1.165, 1.54) is 12.8 Å². The molecule has 1 amide bonds. The van der Waals surface area contributed by atoms with Crippen LogP contribution in [0.5, 0.6) is 0 Å². The van der Waals surface area contributed by atoms with E-state index < -0.39 is 0 Å². The highest BCUT2D eigenvalue weighted by molar-refractivity contribution is 6.33. The molecule has 0 spiro atoms. The predicted octanol–water partition coefficient (Wildman–Crippen LogP) is 3.43. The third-order valence-electron chi connectivity index (χ3n) is 3.58. The molecule has 104 valence electrons. The van der Waals surface area contributed by atoms with Gasteiger partial charge in [0.25, 0.3) is 0 Å². The minimum Gasteiger partial charge on any atom is -0.375 e. The second-order valence-electron chi connectivity index (χ2n) is 5.34. The van der Waals surface area contributed by atoms with E-state index in [0.29, 0.717) is 11.1 Å². The molecule has 0 aromatic heterocycles. The highest BCUT2D eigenvalue weighted by Crippen LogP contribution is 2.27. The monoisotopic (exact) mass is 280 g/mol. The first-order valence-electron chi connectivity index (χ1n) is 6.86. The van der Waals surface area contributed by atoms with E-state index in [9.17, 15) is 4.79 Å². The number of anilines is 1. The van der Waals surface area contributed by atoms with Crippen LogP contribution in [-0.2, 0) is 4.79 Å². The summed E-state index contributed by atoms with van der Waals surface area (Å²) >= 11 is 6.19. The number of hydrogen-bond acceptors (Lipinski definition) is 2. The topological polar surface area (TPSA) is 41.1 Å². The molecule has 2 N–H and O–H groups in total. The summed E-state index contributed by atoms with van der Waals surface area (Å²) in [5.74, 6) is 0.0444. The van der Waals surface area contributed by atoms with Crippen LogP contribution in [0.2, 0.25) is 5.02 Å². The molecule has 19 heavy (non-hydrogen) atoms. The molecule has 0 bridgehead atoms. The fraction of sp³-hybridized carbons (Fsp3) is 0.533. The maximum absolute atomic E-state index is 11.8. The number of hydrogen-bond donors (Lipinski definition) is 2. The molecule has 0 unspecified atom stereocenters. The van der Waals surface area contributed by atoms with Crippen LogP contribution in [0.25, 0.3) is 0 Å². The van der Waals surface area contributed by atoms with Crippen LogP contribution < -0.4 is 10.6 Å². The second-order valence-corrected chi connectivity index (χ2v) is 5.75. The molecule has 0 radical (unpaired) electrons. The van der Waals surface area contributed by atoms with Crippen molar-refractivity contribution in [1.29, 1.82) is 0 Å². The van der Waals surface area contributed by atoms with E-state index in [4.69, 9.17) is 11.6 Å². The summed E-state index contributed by atoms with van der Waals surface area (Å²) in [7, 11) is 0. The Hall–Kier alpha value is -1.22. The average molecular weight is 281 g/mol. The highest BCUT2D eigenvalue weighted by Gasteiger charge is 2.17. The lowest BCUT2D eigenvalue weighted by Gasteiger charge is -2.15. The molecule has 2 rings (SSSR count). The molecule has 0 aliphatic heterocycles. The molecule has 1 aromatic carbocycles. The molecule has 1 fully saturated rings. The van der Waals surface area contributed by atoms with E-state index in [0.717, 1.165) is 29.7 Å². The SMILES string of the molecule is Cc1cc(C)c(NCC(=O)NC2CCCC2)c(Cl)c1. The van der Waals surface area contributed by atoms with Gasteiger partial charge < -0.3 is 10.6 Å². The molecule has 3 nitrogen and oxygen atoms in total. The molecule has 1 saturated carbocycles. The van der Waals surface area contributed by atoms with Crippen molar-refractivity contribution < 1.29 is 4.79 Å². The quantitative estimate of drug-likeness (QED) is 0.887. The van der Waals surface area contributed by atoms with Crippen LogP contribution in [0.1, 0.15) is 36.8 Å². The molecule has 1 aliphatic rings. The van der Waals surface area contributed by atoms with Crippen LogP contribution in [-0.4, -0.2) is 18.5 Å². The Labute approximate surface area is 119 Å². The fourth-order valence-corrected chi connectivity index (χ4v) is 3.05. The van der Waals surface area contributed by atoms with Gasteiger partial charge in [0.2, 0.25) is 5.91 Å². The van der Waals surface area contributed by atoms with Gasteiger partial charge in [-0.1, -0.05) is 30.5 Å². The molecule has 0 heterocycles. The molecule has 0 atom stereocenters. The van der Waals surface area contributed by atoms with Gasteiger partial charge in [-0.25, -0.2) is 0 Å². The molecule has 0 saturated heterocycles. The number of benzene rings is 1. The summed E-state index contributed by atoms with van der Waals surface area (Å²) in [4.78, 5) is 11.8. The van der Waals surface area contributed by atoms with E-state index in [-0.39, 0.29) is 12.5 Å². The third kappa shape index (κ3) is 3.87. The van der Waals surface area contributed by atoms with E-state index >= 15 is 0 Å². The molecular formula is C15H21ClN2O. The zero-order chi connectivity index (χ0) is 13.8. The average Bonchev–Trinajstić information content (AvgIpc) is 2.80. The minimum atomic E-state index is 0.0444. The number of carbonyl (C=O) groups is 1. The Morgan fingerprint density at radius 1 is 1.32 bits per heavy atom. The standard InChI is InChI=1S/C15H21ClN2O/c1-10-7-11(2)15(13(16)8-10)17-9-14(19)18-12-5-3-4-6-12/h7-8,12,17H,3-6,9H2,1-2H3,(H,18,19). The zero-order valence-electron chi connectivity index (χ0n) is 11.6. The Balaban J connectivity index is 1.89. The van der Waals surface area contributed by atoms with Crippen molar-refractivity contribution in [1.82, 2.24) is 5.32 Å². The van der Waals surface area contributed by atoms with Gasteiger partial charge >= 0.3 is 0 Å². The largest absolute Gasteiger partial charge is 0.375 e. The van der Waals surface area contributed by atoms with Gasteiger partial charge in [-0.05, 0) is 43.9 Å². The van der Waals surface area contributed by atoms with Crippen molar-refractivity contribution in [3.63, 3.8) is 0 Å². The first kappa shape index (κ1) is 14.2. The first-order valence-corrected chi connectivity index (χ1v) is 7.24. The van der Waals surface area contributed by atoms with Crippen molar-refractivity contribution in [3.8, 4) is 0 Å². The molecule has 4 heteroatoms. The summed E-state index contributed by atoms with van der Waals surface area (Å²) in [5, 5.41) is 6.87. The number of nitrogens with one attached hydrogen (secondary N) is 2. The van der Waals surface area contributed by atoms with Crippen molar-refractivity contribution in [3.05, 3.63) is 28.3 Å². The van der Waals surface area contributed by atoms with Crippen LogP contribution in [0.3, 0.4) is 0 Å².